The highest BCUT2D eigenvalue weighted by Crippen LogP contribution is 2.29. The standard InChI is InChI=1S/C13H14ClN5O2/c1-6-11(12-10(21)2-7(14)5-15-12)18-19-13(16-6)17-8-3-9(20)4-8/h2,5,8-9,20-21H,3-4H2,1H3,(H,16,17,19). The van der Waals surface area contributed by atoms with Gasteiger partial charge in [-0.05, 0) is 19.8 Å². The Bertz CT molecular complexity index is 676. The maximum absolute atomic E-state index is 9.87. The van der Waals surface area contributed by atoms with E-state index in [2.05, 4.69) is 25.5 Å². The van der Waals surface area contributed by atoms with Crippen LogP contribution in [0.5, 0.6) is 5.75 Å². The predicted octanol–water partition coefficient (Wildman–Crippen LogP) is 1.54. The van der Waals surface area contributed by atoms with E-state index in [1.54, 1.807) is 6.92 Å². The third kappa shape index (κ3) is 2.88. The molecule has 1 saturated carbocycles. The van der Waals surface area contributed by atoms with E-state index in [-0.39, 0.29) is 17.9 Å². The molecular formula is C13H14ClN5O2. The molecule has 7 nitrogen and oxygen atoms in total. The summed E-state index contributed by atoms with van der Waals surface area (Å²) in [6.07, 6.45) is 2.55. The predicted molar refractivity (Wildman–Crippen MR) is 77.1 cm³/mol. The van der Waals surface area contributed by atoms with E-state index in [4.69, 9.17) is 11.6 Å². The first kappa shape index (κ1) is 14.0. The Kier molecular flexibility index (Phi) is 3.60. The van der Waals surface area contributed by atoms with Gasteiger partial charge in [0.1, 0.15) is 17.1 Å². The van der Waals surface area contributed by atoms with Crippen LogP contribution in [0.2, 0.25) is 5.02 Å². The highest BCUT2D eigenvalue weighted by molar-refractivity contribution is 6.30. The molecule has 0 saturated heterocycles. The van der Waals surface area contributed by atoms with E-state index >= 15 is 0 Å². The van der Waals surface area contributed by atoms with Crippen LogP contribution in [0.15, 0.2) is 12.3 Å². The van der Waals surface area contributed by atoms with Gasteiger partial charge in [0.15, 0.2) is 0 Å². The maximum atomic E-state index is 9.87. The summed E-state index contributed by atoms with van der Waals surface area (Å²) in [6, 6.07) is 1.57. The quantitative estimate of drug-likeness (QED) is 0.790. The lowest BCUT2D eigenvalue weighted by atomic mass is 9.90. The van der Waals surface area contributed by atoms with Gasteiger partial charge in [0, 0.05) is 18.3 Å². The van der Waals surface area contributed by atoms with Crippen molar-refractivity contribution < 1.29 is 10.2 Å². The van der Waals surface area contributed by atoms with Gasteiger partial charge >= 0.3 is 0 Å². The van der Waals surface area contributed by atoms with E-state index in [0.29, 0.717) is 40.9 Å². The van der Waals surface area contributed by atoms with Gasteiger partial charge in [-0.3, -0.25) is 0 Å². The van der Waals surface area contributed by atoms with Gasteiger partial charge in [0.2, 0.25) is 5.95 Å². The fourth-order valence-corrected chi connectivity index (χ4v) is 2.34. The van der Waals surface area contributed by atoms with Crippen LogP contribution in [0.4, 0.5) is 5.95 Å². The molecule has 0 aromatic carbocycles. The number of halogens is 1. The Morgan fingerprint density at radius 2 is 2.05 bits per heavy atom. The molecule has 0 unspecified atom stereocenters. The minimum absolute atomic E-state index is 0.0653. The van der Waals surface area contributed by atoms with Gasteiger partial charge in [0.05, 0.1) is 16.8 Å². The zero-order chi connectivity index (χ0) is 15.0. The molecular weight excluding hydrogens is 294 g/mol. The molecule has 1 fully saturated rings. The number of aryl methyl sites for hydroxylation is 1. The summed E-state index contributed by atoms with van der Waals surface area (Å²) in [5, 5.41) is 30.6. The maximum Gasteiger partial charge on any atom is 0.243 e. The summed E-state index contributed by atoms with van der Waals surface area (Å²) in [4.78, 5) is 8.37. The lowest BCUT2D eigenvalue weighted by Gasteiger charge is -2.31. The normalized spacial score (nSPS) is 20.9. The molecule has 0 radical (unpaired) electrons. The average Bonchev–Trinajstić information content (AvgIpc) is 2.38. The smallest absolute Gasteiger partial charge is 0.243 e. The van der Waals surface area contributed by atoms with Crippen molar-refractivity contribution in [1.29, 1.82) is 0 Å². The summed E-state index contributed by atoms with van der Waals surface area (Å²) >= 11 is 5.76. The Labute approximate surface area is 126 Å². The summed E-state index contributed by atoms with van der Waals surface area (Å²) < 4.78 is 0. The molecule has 21 heavy (non-hydrogen) atoms. The first-order chi connectivity index (χ1) is 10.0. The fraction of sp³-hybridized carbons (Fsp3) is 0.385. The van der Waals surface area contributed by atoms with Crippen molar-refractivity contribution >= 4 is 17.5 Å². The van der Waals surface area contributed by atoms with Crippen molar-refractivity contribution in [3.63, 3.8) is 0 Å². The van der Waals surface area contributed by atoms with Crippen molar-refractivity contribution in [1.82, 2.24) is 20.2 Å². The van der Waals surface area contributed by atoms with Crippen LogP contribution in [0.25, 0.3) is 11.4 Å². The van der Waals surface area contributed by atoms with Gasteiger partial charge in [0.25, 0.3) is 0 Å². The van der Waals surface area contributed by atoms with E-state index < -0.39 is 0 Å². The molecule has 1 aliphatic rings. The minimum atomic E-state index is -0.244. The molecule has 0 amide bonds. The Morgan fingerprint density at radius 3 is 2.67 bits per heavy atom. The molecule has 8 heteroatoms. The van der Waals surface area contributed by atoms with Crippen molar-refractivity contribution in [2.45, 2.75) is 31.9 Å². The SMILES string of the molecule is Cc1nc(NC2CC(O)C2)nnc1-c1ncc(Cl)cc1O. The molecule has 2 aromatic rings. The molecule has 1 aliphatic carbocycles. The number of aromatic nitrogens is 4. The Hall–Kier alpha value is -1.99. The molecule has 0 aliphatic heterocycles. The van der Waals surface area contributed by atoms with Gasteiger partial charge in [-0.2, -0.15) is 0 Å². The topological polar surface area (TPSA) is 104 Å². The number of aromatic hydroxyl groups is 1. The summed E-state index contributed by atoms with van der Waals surface area (Å²) in [6.45, 7) is 1.76. The molecule has 0 spiro atoms. The number of nitrogens with zero attached hydrogens (tertiary/aromatic N) is 4. The van der Waals surface area contributed by atoms with E-state index in [0.717, 1.165) is 0 Å². The largest absolute Gasteiger partial charge is 0.506 e. The molecule has 110 valence electrons. The second-order valence-corrected chi connectivity index (χ2v) is 5.49. The molecule has 3 rings (SSSR count). The second-order valence-electron chi connectivity index (χ2n) is 5.06. The van der Waals surface area contributed by atoms with Gasteiger partial charge in [-0.1, -0.05) is 11.6 Å². The van der Waals surface area contributed by atoms with Crippen LogP contribution in [-0.2, 0) is 0 Å². The minimum Gasteiger partial charge on any atom is -0.506 e. The average molecular weight is 308 g/mol. The number of rotatable bonds is 3. The summed E-state index contributed by atoms with van der Waals surface area (Å²) in [5.74, 6) is 0.339. The first-order valence-corrected chi connectivity index (χ1v) is 6.91. The van der Waals surface area contributed by atoms with E-state index in [9.17, 15) is 10.2 Å². The molecule has 3 N–H and O–H groups in total. The van der Waals surface area contributed by atoms with E-state index in [1.807, 2.05) is 0 Å². The second kappa shape index (κ2) is 5.42. The summed E-state index contributed by atoms with van der Waals surface area (Å²) in [5.41, 5.74) is 1.29. The van der Waals surface area contributed by atoms with Crippen LogP contribution in [0.1, 0.15) is 18.5 Å². The van der Waals surface area contributed by atoms with Crippen molar-refractivity contribution in [3.8, 4) is 17.1 Å². The van der Waals surface area contributed by atoms with Crippen LogP contribution in [0, 0.1) is 6.92 Å². The number of aliphatic hydroxyl groups is 1. The number of hydrogen-bond donors (Lipinski definition) is 3. The van der Waals surface area contributed by atoms with Crippen molar-refractivity contribution in [3.05, 3.63) is 23.0 Å². The number of hydrogen-bond acceptors (Lipinski definition) is 7. The third-order valence-electron chi connectivity index (χ3n) is 3.37. The molecule has 2 heterocycles. The van der Waals surface area contributed by atoms with E-state index in [1.165, 1.54) is 12.3 Å². The van der Waals surface area contributed by atoms with Crippen LogP contribution in [0.3, 0.4) is 0 Å². The Morgan fingerprint density at radius 1 is 1.29 bits per heavy atom. The fourth-order valence-electron chi connectivity index (χ4n) is 2.18. The highest BCUT2D eigenvalue weighted by Gasteiger charge is 2.27. The molecule has 2 aromatic heterocycles. The zero-order valence-corrected chi connectivity index (χ0v) is 12.0. The van der Waals surface area contributed by atoms with Crippen molar-refractivity contribution in [2.75, 3.05) is 5.32 Å². The van der Waals surface area contributed by atoms with Crippen LogP contribution >= 0.6 is 11.6 Å². The van der Waals surface area contributed by atoms with Gasteiger partial charge in [-0.15, -0.1) is 10.2 Å². The van der Waals surface area contributed by atoms with Crippen LogP contribution < -0.4 is 5.32 Å². The number of aliphatic hydroxyl groups excluding tert-OH is 1. The van der Waals surface area contributed by atoms with Gasteiger partial charge < -0.3 is 15.5 Å². The molecule has 0 atom stereocenters. The first-order valence-electron chi connectivity index (χ1n) is 6.53. The van der Waals surface area contributed by atoms with Crippen LogP contribution in [-0.4, -0.2) is 42.5 Å². The molecule has 0 bridgehead atoms. The van der Waals surface area contributed by atoms with Crippen molar-refractivity contribution in [2.24, 2.45) is 0 Å². The third-order valence-corrected chi connectivity index (χ3v) is 3.57. The highest BCUT2D eigenvalue weighted by atomic mass is 35.5. The number of pyridine rings is 1. The lowest BCUT2D eigenvalue weighted by molar-refractivity contribution is 0.0833. The monoisotopic (exact) mass is 307 g/mol. The number of nitrogens with one attached hydrogen (secondary N) is 1. The number of anilines is 1. The zero-order valence-electron chi connectivity index (χ0n) is 11.3. The summed E-state index contributed by atoms with van der Waals surface area (Å²) in [7, 11) is 0. The lowest BCUT2D eigenvalue weighted by Crippen LogP contribution is -2.39. The van der Waals surface area contributed by atoms with Gasteiger partial charge in [-0.25, -0.2) is 9.97 Å². The Balaban J connectivity index is 1.84.